The first-order valence-electron chi connectivity index (χ1n) is 10.3. The number of hydrogen-bond donors (Lipinski definition) is 1. The molecule has 0 saturated heterocycles. The molecule has 0 bridgehead atoms. The van der Waals surface area contributed by atoms with Gasteiger partial charge in [0.1, 0.15) is 5.56 Å². The van der Waals surface area contributed by atoms with Gasteiger partial charge >= 0.3 is 5.97 Å². The van der Waals surface area contributed by atoms with Gasteiger partial charge in [-0.05, 0) is 45.6 Å². The molecule has 158 valence electrons. The number of allylic oxidation sites excluding steroid dienone is 7. The van der Waals surface area contributed by atoms with Crippen molar-refractivity contribution in [2.75, 3.05) is 0 Å². The van der Waals surface area contributed by atoms with E-state index in [9.17, 15) is 4.79 Å². The first-order valence-corrected chi connectivity index (χ1v) is 10.3. The van der Waals surface area contributed by atoms with Crippen LogP contribution in [0.2, 0.25) is 0 Å². The molecule has 1 heterocycles. The SMILES string of the molecule is C=C(C)/C=C\C(C)=C/C.Cn1ncc(C(=O)O)c1/N=C\C=C\C1CCCCCC1. The Hall–Kier alpha value is -2.69. The lowest BCUT2D eigenvalue weighted by Gasteiger charge is -2.06. The molecule has 1 aliphatic carbocycles. The highest BCUT2D eigenvalue weighted by atomic mass is 16.4. The molecule has 0 spiro atoms. The predicted molar refractivity (Wildman–Crippen MR) is 122 cm³/mol. The molecule has 0 amide bonds. The minimum atomic E-state index is -1.00. The summed E-state index contributed by atoms with van der Waals surface area (Å²) in [6.07, 6.45) is 21.0. The van der Waals surface area contributed by atoms with Crippen molar-refractivity contribution in [2.45, 2.75) is 59.3 Å². The van der Waals surface area contributed by atoms with Crippen molar-refractivity contribution >= 4 is 18.0 Å². The summed E-state index contributed by atoms with van der Waals surface area (Å²) in [6.45, 7) is 9.83. The Bertz CT molecular complexity index is 774. The van der Waals surface area contributed by atoms with Crippen molar-refractivity contribution < 1.29 is 9.90 Å². The van der Waals surface area contributed by atoms with Crippen molar-refractivity contribution in [3.63, 3.8) is 0 Å². The van der Waals surface area contributed by atoms with Crippen LogP contribution in [0.15, 0.2) is 59.3 Å². The monoisotopic (exact) mass is 397 g/mol. The molecular formula is C24H35N3O2. The number of rotatable bonds is 6. The number of hydrogen-bond acceptors (Lipinski definition) is 3. The predicted octanol–water partition coefficient (Wildman–Crippen LogP) is 6.43. The summed E-state index contributed by atoms with van der Waals surface area (Å²) in [5, 5.41) is 12.9. The molecule has 1 fully saturated rings. The molecular weight excluding hydrogens is 362 g/mol. The first-order chi connectivity index (χ1) is 13.8. The van der Waals surface area contributed by atoms with Crippen LogP contribution in [-0.2, 0) is 7.05 Å². The molecule has 1 aromatic heterocycles. The van der Waals surface area contributed by atoms with Crippen LogP contribution in [0.3, 0.4) is 0 Å². The number of carboxylic acids is 1. The molecule has 0 aliphatic heterocycles. The maximum atomic E-state index is 11.0. The molecule has 1 aromatic rings. The number of aromatic carboxylic acids is 1. The lowest BCUT2D eigenvalue weighted by atomic mass is 10.0. The maximum Gasteiger partial charge on any atom is 0.341 e. The summed E-state index contributed by atoms with van der Waals surface area (Å²) in [5.74, 6) is 0.00967. The molecule has 29 heavy (non-hydrogen) atoms. The van der Waals surface area contributed by atoms with Crippen LogP contribution < -0.4 is 0 Å². The number of carbonyl (C=O) groups is 1. The third-order valence-corrected chi connectivity index (χ3v) is 4.79. The second-order valence-electron chi connectivity index (χ2n) is 7.44. The molecule has 0 radical (unpaired) electrons. The van der Waals surface area contributed by atoms with E-state index in [0.717, 1.165) is 5.57 Å². The molecule has 1 saturated carbocycles. The summed E-state index contributed by atoms with van der Waals surface area (Å²) in [6, 6.07) is 0. The largest absolute Gasteiger partial charge is 0.477 e. The van der Waals surface area contributed by atoms with Crippen molar-refractivity contribution in [1.82, 2.24) is 9.78 Å². The molecule has 0 aromatic carbocycles. The minimum absolute atomic E-state index is 0.131. The zero-order valence-corrected chi connectivity index (χ0v) is 18.3. The van der Waals surface area contributed by atoms with Crippen LogP contribution in [0.4, 0.5) is 5.82 Å². The number of aliphatic imine (C=N–C) groups is 1. The van der Waals surface area contributed by atoms with Crippen molar-refractivity contribution in [1.29, 1.82) is 0 Å². The summed E-state index contributed by atoms with van der Waals surface area (Å²) < 4.78 is 1.47. The van der Waals surface area contributed by atoms with E-state index in [1.54, 1.807) is 13.3 Å². The fraction of sp³-hybridized carbons (Fsp3) is 0.458. The highest BCUT2D eigenvalue weighted by molar-refractivity contribution is 5.93. The second kappa shape index (κ2) is 13.5. The Balaban J connectivity index is 0.000000396. The Morgan fingerprint density at radius 3 is 2.45 bits per heavy atom. The van der Waals surface area contributed by atoms with Crippen LogP contribution >= 0.6 is 0 Å². The van der Waals surface area contributed by atoms with E-state index in [1.165, 1.54) is 55.0 Å². The number of carboxylic acid groups (broad SMARTS) is 1. The normalized spacial score (nSPS) is 16.2. The van der Waals surface area contributed by atoms with Gasteiger partial charge in [0.25, 0.3) is 0 Å². The smallest absolute Gasteiger partial charge is 0.341 e. The Labute approximate surface area is 175 Å². The van der Waals surface area contributed by atoms with Gasteiger partial charge < -0.3 is 5.11 Å². The van der Waals surface area contributed by atoms with Crippen LogP contribution in [-0.4, -0.2) is 27.1 Å². The summed E-state index contributed by atoms with van der Waals surface area (Å²) in [5.41, 5.74) is 2.50. The van der Waals surface area contributed by atoms with Gasteiger partial charge in [-0.1, -0.05) is 67.7 Å². The maximum absolute atomic E-state index is 11.0. The van der Waals surface area contributed by atoms with Gasteiger partial charge in [0.05, 0.1) is 6.20 Å². The molecule has 1 N–H and O–H groups in total. The lowest BCUT2D eigenvalue weighted by Crippen LogP contribution is -1.96. The van der Waals surface area contributed by atoms with Crippen LogP contribution in [0.5, 0.6) is 0 Å². The van der Waals surface area contributed by atoms with Crippen LogP contribution in [0.1, 0.15) is 69.7 Å². The number of aryl methyl sites for hydroxylation is 1. The first kappa shape index (κ1) is 24.3. The van der Waals surface area contributed by atoms with E-state index in [0.29, 0.717) is 11.7 Å². The quantitative estimate of drug-likeness (QED) is 0.341. The average Bonchev–Trinajstić information content (AvgIpc) is 2.89. The fourth-order valence-corrected chi connectivity index (χ4v) is 2.93. The fourth-order valence-electron chi connectivity index (χ4n) is 2.93. The third-order valence-electron chi connectivity index (χ3n) is 4.79. The van der Waals surface area contributed by atoms with Gasteiger partial charge in [-0.15, -0.1) is 0 Å². The van der Waals surface area contributed by atoms with E-state index in [4.69, 9.17) is 5.11 Å². The highest BCUT2D eigenvalue weighted by Crippen LogP contribution is 2.23. The van der Waals surface area contributed by atoms with Gasteiger partial charge in [-0.3, -0.25) is 4.68 Å². The Morgan fingerprint density at radius 2 is 1.90 bits per heavy atom. The topological polar surface area (TPSA) is 67.5 Å². The highest BCUT2D eigenvalue weighted by Gasteiger charge is 2.13. The summed E-state index contributed by atoms with van der Waals surface area (Å²) >= 11 is 0. The standard InChI is InChI=1S/C15H21N3O2.C9H14/c1-18-14(13(11-17-18)15(19)20)16-10-6-9-12-7-4-2-3-5-8-12;1-5-9(4)7-6-8(2)3/h6,9-12H,2-5,7-8H2,1H3,(H,19,20);5-7H,2H2,1,3-4H3/b9-6+,16-10-;7-6-,9-5-. The number of nitrogens with zero attached hydrogens (tertiary/aromatic N) is 3. The average molecular weight is 398 g/mol. The lowest BCUT2D eigenvalue weighted by molar-refractivity contribution is 0.0698. The molecule has 0 unspecified atom stereocenters. The summed E-state index contributed by atoms with van der Waals surface area (Å²) in [7, 11) is 1.69. The van der Waals surface area contributed by atoms with Crippen LogP contribution in [0.25, 0.3) is 0 Å². The van der Waals surface area contributed by atoms with Crippen molar-refractivity contribution in [3.8, 4) is 0 Å². The molecule has 1 aliphatic rings. The van der Waals surface area contributed by atoms with Gasteiger partial charge in [0.15, 0.2) is 5.82 Å². The zero-order chi connectivity index (χ0) is 21.6. The molecule has 2 rings (SSSR count). The van der Waals surface area contributed by atoms with Gasteiger partial charge in [0, 0.05) is 13.3 Å². The van der Waals surface area contributed by atoms with E-state index < -0.39 is 5.97 Å². The van der Waals surface area contributed by atoms with E-state index in [1.807, 2.05) is 26.0 Å². The molecule has 5 nitrogen and oxygen atoms in total. The van der Waals surface area contributed by atoms with Crippen LogP contribution in [0, 0.1) is 5.92 Å². The summed E-state index contributed by atoms with van der Waals surface area (Å²) in [4.78, 5) is 15.2. The van der Waals surface area contributed by atoms with Gasteiger partial charge in [0.2, 0.25) is 0 Å². The van der Waals surface area contributed by atoms with E-state index in [-0.39, 0.29) is 5.56 Å². The van der Waals surface area contributed by atoms with E-state index in [2.05, 4.69) is 41.8 Å². The molecule has 5 heteroatoms. The van der Waals surface area contributed by atoms with Gasteiger partial charge in [-0.2, -0.15) is 5.10 Å². The van der Waals surface area contributed by atoms with E-state index >= 15 is 0 Å². The third kappa shape index (κ3) is 9.88. The van der Waals surface area contributed by atoms with Crippen molar-refractivity contribution in [2.24, 2.45) is 18.0 Å². The van der Waals surface area contributed by atoms with Crippen molar-refractivity contribution in [3.05, 3.63) is 59.9 Å². The minimum Gasteiger partial charge on any atom is -0.477 e. The second-order valence-corrected chi connectivity index (χ2v) is 7.44. The Morgan fingerprint density at radius 1 is 1.24 bits per heavy atom. The van der Waals surface area contributed by atoms with Gasteiger partial charge in [-0.25, -0.2) is 9.79 Å². The Kier molecular flexibility index (Phi) is 11.3. The number of aromatic nitrogens is 2. The zero-order valence-electron chi connectivity index (χ0n) is 18.3. The molecule has 0 atom stereocenters.